The molecule has 3 aromatic rings. The van der Waals surface area contributed by atoms with E-state index in [0.717, 1.165) is 11.1 Å². The van der Waals surface area contributed by atoms with Crippen LogP contribution in [0.3, 0.4) is 0 Å². The number of halogens is 1. The molecule has 0 bridgehead atoms. The highest BCUT2D eigenvalue weighted by atomic mass is 35.5. The van der Waals surface area contributed by atoms with Crippen LogP contribution in [-0.2, 0) is 56.9 Å². The standard InChI is InChI=1S/C33H40ClN5O8S/c1-3-11-44-13-15-46-17-18-47-16-14-45-12-8-31(40)37-23-33(24-37)26-7-9-35-21-29(26)39(32(33)41)22-30-36-27-20-25(34)5-6-28(27)38(30)10-19-48(42,43)4-2/h1,5-7,9,20-21H,4,8,10-19,22-24H2,2H3. The Morgan fingerprint density at radius 1 is 1.04 bits per heavy atom. The smallest absolute Gasteiger partial charge is 0.241 e. The van der Waals surface area contributed by atoms with E-state index < -0.39 is 15.3 Å². The second kappa shape index (κ2) is 16.2. The highest BCUT2D eigenvalue weighted by molar-refractivity contribution is 7.91. The number of hydrogen-bond donors (Lipinski definition) is 0. The molecule has 258 valence electrons. The average Bonchev–Trinajstić information content (AvgIpc) is 3.52. The molecule has 5 rings (SSSR count). The van der Waals surface area contributed by atoms with Crippen molar-refractivity contribution in [3.05, 3.63) is 53.1 Å². The molecule has 48 heavy (non-hydrogen) atoms. The molecular formula is C33H40ClN5O8S. The first-order valence-electron chi connectivity index (χ1n) is 15.8. The number of rotatable bonds is 19. The fourth-order valence-corrected chi connectivity index (χ4v) is 6.80. The number of hydrogen-bond acceptors (Lipinski definition) is 10. The van der Waals surface area contributed by atoms with Crippen molar-refractivity contribution in [2.45, 2.75) is 31.8 Å². The summed E-state index contributed by atoms with van der Waals surface area (Å²) in [5.74, 6) is 2.64. The summed E-state index contributed by atoms with van der Waals surface area (Å²) < 4.78 is 48.1. The van der Waals surface area contributed by atoms with Crippen LogP contribution in [0.2, 0.25) is 5.02 Å². The second-order valence-electron chi connectivity index (χ2n) is 11.5. The first-order valence-corrected chi connectivity index (χ1v) is 18.0. The lowest BCUT2D eigenvalue weighted by Crippen LogP contribution is -2.65. The molecule has 0 saturated carbocycles. The molecular weight excluding hydrogens is 662 g/mol. The molecule has 0 atom stereocenters. The minimum Gasteiger partial charge on any atom is -0.379 e. The number of amides is 2. The van der Waals surface area contributed by atoms with Gasteiger partial charge in [-0.2, -0.15) is 0 Å². The van der Waals surface area contributed by atoms with Crippen LogP contribution in [-0.4, -0.2) is 117 Å². The SMILES string of the molecule is C#CCOCCOCCOCCOCCC(=O)N1CC2(C1)C(=O)N(Cc1nc3cc(Cl)ccc3n1CCS(=O)(=O)CC)c1cnccc12. The molecule has 0 radical (unpaired) electrons. The number of sulfone groups is 1. The summed E-state index contributed by atoms with van der Waals surface area (Å²) in [7, 11) is -3.25. The monoisotopic (exact) mass is 701 g/mol. The Morgan fingerprint density at radius 3 is 2.42 bits per heavy atom. The first-order chi connectivity index (χ1) is 23.2. The van der Waals surface area contributed by atoms with Gasteiger partial charge in [0.25, 0.3) is 0 Å². The van der Waals surface area contributed by atoms with Crippen molar-refractivity contribution < 1.29 is 37.0 Å². The predicted molar refractivity (Wildman–Crippen MR) is 179 cm³/mol. The van der Waals surface area contributed by atoms with E-state index in [1.807, 2.05) is 10.6 Å². The summed E-state index contributed by atoms with van der Waals surface area (Å²) in [6, 6.07) is 7.08. The summed E-state index contributed by atoms with van der Waals surface area (Å²) in [4.78, 5) is 39.4. The molecule has 2 aliphatic heterocycles. The molecule has 4 heterocycles. The molecule has 15 heteroatoms. The Hall–Kier alpha value is -3.58. The average molecular weight is 702 g/mol. The number of benzene rings is 1. The van der Waals surface area contributed by atoms with Crippen LogP contribution < -0.4 is 4.90 Å². The number of anilines is 1. The third-order valence-corrected chi connectivity index (χ3v) is 10.4. The van der Waals surface area contributed by atoms with Crippen molar-refractivity contribution >= 4 is 50.0 Å². The van der Waals surface area contributed by atoms with E-state index in [9.17, 15) is 18.0 Å². The van der Waals surface area contributed by atoms with Gasteiger partial charge in [-0.1, -0.05) is 24.4 Å². The lowest BCUT2D eigenvalue weighted by atomic mass is 9.74. The quantitative estimate of drug-likeness (QED) is 0.135. The molecule has 0 N–H and O–H groups in total. The number of fused-ring (bicyclic) bond motifs is 3. The zero-order valence-corrected chi connectivity index (χ0v) is 28.5. The van der Waals surface area contributed by atoms with Gasteiger partial charge in [-0.05, 0) is 29.8 Å². The Labute approximate surface area is 285 Å². The zero-order valence-electron chi connectivity index (χ0n) is 26.9. The minimum atomic E-state index is -3.25. The Kier molecular flexibility index (Phi) is 12.1. The van der Waals surface area contributed by atoms with Gasteiger partial charge in [0.05, 0.1) is 87.9 Å². The van der Waals surface area contributed by atoms with E-state index in [0.29, 0.717) is 61.7 Å². The number of terminal acetylenes is 1. The molecule has 1 aromatic carbocycles. The first kappa shape index (κ1) is 35.7. The van der Waals surface area contributed by atoms with Crippen LogP contribution in [0.5, 0.6) is 0 Å². The Bertz CT molecular complexity index is 1750. The summed E-state index contributed by atoms with van der Waals surface area (Å²) in [6.07, 6.45) is 8.58. The third-order valence-electron chi connectivity index (χ3n) is 8.45. The third kappa shape index (κ3) is 8.16. The number of carbonyl (C=O) groups excluding carboxylic acids is 2. The molecule has 0 unspecified atom stereocenters. The van der Waals surface area contributed by atoms with Crippen molar-refractivity contribution in [1.29, 1.82) is 0 Å². The molecule has 13 nitrogen and oxygen atoms in total. The summed E-state index contributed by atoms with van der Waals surface area (Å²) in [6.45, 7) is 5.36. The molecule has 2 amide bonds. The summed E-state index contributed by atoms with van der Waals surface area (Å²) in [5.41, 5.74) is 1.92. The number of likely N-dealkylation sites (tertiary alicyclic amines) is 1. The highest BCUT2D eigenvalue weighted by Crippen LogP contribution is 2.47. The van der Waals surface area contributed by atoms with Gasteiger partial charge in [-0.3, -0.25) is 14.6 Å². The minimum absolute atomic E-state index is 0.0325. The van der Waals surface area contributed by atoms with Gasteiger partial charge in [0, 0.05) is 36.6 Å². The van der Waals surface area contributed by atoms with Crippen LogP contribution >= 0.6 is 11.6 Å². The van der Waals surface area contributed by atoms with E-state index in [1.54, 1.807) is 47.3 Å². The van der Waals surface area contributed by atoms with Crippen molar-refractivity contribution in [2.75, 3.05) is 82.4 Å². The number of aromatic nitrogens is 3. The summed E-state index contributed by atoms with van der Waals surface area (Å²) >= 11 is 6.23. The van der Waals surface area contributed by atoms with Gasteiger partial charge in [0.1, 0.15) is 17.8 Å². The van der Waals surface area contributed by atoms with Crippen molar-refractivity contribution in [1.82, 2.24) is 19.4 Å². The summed E-state index contributed by atoms with van der Waals surface area (Å²) in [5, 5.41) is 0.504. The maximum Gasteiger partial charge on any atom is 0.241 e. The van der Waals surface area contributed by atoms with E-state index in [-0.39, 0.29) is 69.1 Å². The number of imidazole rings is 1. The van der Waals surface area contributed by atoms with E-state index in [1.165, 1.54) is 0 Å². The number of nitrogens with zero attached hydrogens (tertiary/aromatic N) is 5. The fourth-order valence-electron chi connectivity index (χ4n) is 5.88. The number of pyridine rings is 1. The van der Waals surface area contributed by atoms with Crippen LogP contribution in [0.1, 0.15) is 24.7 Å². The van der Waals surface area contributed by atoms with Crippen molar-refractivity contribution in [3.8, 4) is 12.3 Å². The molecule has 1 spiro atoms. The fraction of sp³-hybridized carbons (Fsp3) is 0.515. The van der Waals surface area contributed by atoms with E-state index in [4.69, 9.17) is 42.0 Å². The highest BCUT2D eigenvalue weighted by Gasteiger charge is 2.59. The maximum atomic E-state index is 14.1. The van der Waals surface area contributed by atoms with Gasteiger partial charge in [0.2, 0.25) is 11.8 Å². The zero-order chi connectivity index (χ0) is 34.1. The maximum absolute atomic E-state index is 14.1. The van der Waals surface area contributed by atoms with Crippen molar-refractivity contribution in [2.24, 2.45) is 0 Å². The molecule has 1 saturated heterocycles. The Morgan fingerprint density at radius 2 is 1.73 bits per heavy atom. The number of ether oxygens (including phenoxy) is 4. The van der Waals surface area contributed by atoms with Crippen LogP contribution in [0, 0.1) is 12.3 Å². The number of aryl methyl sites for hydroxylation is 1. The molecule has 2 aromatic heterocycles. The van der Waals surface area contributed by atoms with Gasteiger partial charge < -0.3 is 33.3 Å². The Balaban J connectivity index is 1.14. The van der Waals surface area contributed by atoms with Gasteiger partial charge >= 0.3 is 0 Å². The predicted octanol–water partition coefficient (Wildman–Crippen LogP) is 2.24. The normalized spacial score (nSPS) is 15.2. The van der Waals surface area contributed by atoms with Crippen LogP contribution in [0.15, 0.2) is 36.7 Å². The topological polar surface area (TPSA) is 142 Å². The molecule has 0 aliphatic carbocycles. The van der Waals surface area contributed by atoms with Crippen LogP contribution in [0.4, 0.5) is 5.69 Å². The lowest BCUT2D eigenvalue weighted by Gasteiger charge is -2.46. The van der Waals surface area contributed by atoms with Gasteiger partial charge in [-0.15, -0.1) is 6.42 Å². The van der Waals surface area contributed by atoms with Gasteiger partial charge in [-0.25, -0.2) is 13.4 Å². The van der Waals surface area contributed by atoms with Crippen molar-refractivity contribution in [3.63, 3.8) is 0 Å². The van der Waals surface area contributed by atoms with Gasteiger partial charge in [0.15, 0.2) is 9.84 Å². The number of carbonyl (C=O) groups is 2. The largest absolute Gasteiger partial charge is 0.379 e. The second-order valence-corrected chi connectivity index (χ2v) is 14.4. The van der Waals surface area contributed by atoms with E-state index >= 15 is 0 Å². The van der Waals surface area contributed by atoms with Crippen LogP contribution in [0.25, 0.3) is 11.0 Å². The lowest BCUT2D eigenvalue weighted by molar-refractivity contribution is -0.145. The van der Waals surface area contributed by atoms with E-state index in [2.05, 4.69) is 10.9 Å². The molecule has 2 aliphatic rings. The molecule has 1 fully saturated rings.